The molecule has 8 nitrogen and oxygen atoms in total. The van der Waals surface area contributed by atoms with Gasteiger partial charge in [0.05, 0.1) is 24.2 Å². The van der Waals surface area contributed by atoms with Crippen LogP contribution in [0.5, 0.6) is 5.75 Å². The number of ether oxygens (including phenoxy) is 1. The highest BCUT2D eigenvalue weighted by atomic mass is 32.2. The van der Waals surface area contributed by atoms with Gasteiger partial charge in [-0.1, -0.05) is 19.1 Å². The maximum atomic E-state index is 12.9. The quantitative estimate of drug-likeness (QED) is 0.648. The Morgan fingerprint density at radius 2 is 1.62 bits per heavy atom. The molecule has 34 heavy (non-hydrogen) atoms. The molecule has 0 unspecified atom stereocenters. The third-order valence-electron chi connectivity index (χ3n) is 6.68. The summed E-state index contributed by atoms with van der Waals surface area (Å²) in [6, 6.07) is 14.5. The van der Waals surface area contributed by atoms with Crippen LogP contribution in [0.15, 0.2) is 53.4 Å². The van der Waals surface area contributed by atoms with Crippen molar-refractivity contribution in [3.05, 3.63) is 48.5 Å². The molecule has 0 radical (unpaired) electrons. The van der Waals surface area contributed by atoms with Gasteiger partial charge in [-0.25, -0.2) is 8.42 Å². The molecule has 2 aromatic rings. The molecule has 2 aliphatic heterocycles. The predicted octanol–water partition coefficient (Wildman–Crippen LogP) is 2.88. The van der Waals surface area contributed by atoms with Crippen molar-refractivity contribution in [1.82, 2.24) is 9.21 Å². The number of piperazine rings is 1. The Hall–Kier alpha value is -2.62. The summed E-state index contributed by atoms with van der Waals surface area (Å²) in [6.45, 7) is 6.76. The number of sulfonamides is 1. The van der Waals surface area contributed by atoms with Gasteiger partial charge in [0.2, 0.25) is 15.9 Å². The number of benzene rings is 2. The Bertz CT molecular complexity index is 1070. The first-order chi connectivity index (χ1) is 16.4. The minimum absolute atomic E-state index is 0.105. The Kier molecular flexibility index (Phi) is 7.75. The Morgan fingerprint density at radius 1 is 0.971 bits per heavy atom. The summed E-state index contributed by atoms with van der Waals surface area (Å²) in [5.74, 6) is 1.31. The SMILES string of the molecule is COc1ccccc1N1CCN(CC(=O)Nc2ccc(S(=O)(=O)N3CCC(C)CC3)cc2)CC1. The number of nitrogens with zero attached hydrogens (tertiary/aromatic N) is 3. The van der Waals surface area contributed by atoms with Crippen LogP contribution >= 0.6 is 0 Å². The van der Waals surface area contributed by atoms with Gasteiger partial charge in [0.25, 0.3) is 0 Å². The van der Waals surface area contributed by atoms with Gasteiger partial charge in [-0.3, -0.25) is 9.69 Å². The minimum Gasteiger partial charge on any atom is -0.495 e. The highest BCUT2D eigenvalue weighted by molar-refractivity contribution is 7.89. The fourth-order valence-electron chi connectivity index (χ4n) is 4.53. The lowest BCUT2D eigenvalue weighted by Gasteiger charge is -2.36. The summed E-state index contributed by atoms with van der Waals surface area (Å²) >= 11 is 0. The molecule has 1 amide bonds. The number of para-hydroxylation sites is 2. The van der Waals surface area contributed by atoms with E-state index >= 15 is 0 Å². The van der Waals surface area contributed by atoms with E-state index in [4.69, 9.17) is 4.74 Å². The number of rotatable bonds is 7. The third kappa shape index (κ3) is 5.71. The van der Waals surface area contributed by atoms with Crippen LogP contribution in [-0.4, -0.2) is 76.5 Å². The Balaban J connectivity index is 1.28. The fourth-order valence-corrected chi connectivity index (χ4v) is 6.00. The van der Waals surface area contributed by atoms with E-state index in [2.05, 4.69) is 28.1 Å². The second-order valence-electron chi connectivity index (χ2n) is 9.09. The van der Waals surface area contributed by atoms with E-state index in [0.29, 0.717) is 31.2 Å². The average molecular weight is 487 g/mol. The van der Waals surface area contributed by atoms with E-state index < -0.39 is 10.0 Å². The van der Waals surface area contributed by atoms with Crippen LogP contribution in [0.3, 0.4) is 0 Å². The predicted molar refractivity (Wildman–Crippen MR) is 134 cm³/mol. The number of carbonyl (C=O) groups is 1. The van der Waals surface area contributed by atoms with Crippen LogP contribution in [0.25, 0.3) is 0 Å². The zero-order chi connectivity index (χ0) is 24.1. The zero-order valence-corrected chi connectivity index (χ0v) is 20.8. The van der Waals surface area contributed by atoms with Crippen LogP contribution in [0.1, 0.15) is 19.8 Å². The number of piperidine rings is 1. The zero-order valence-electron chi connectivity index (χ0n) is 19.9. The number of methoxy groups -OCH3 is 1. The van der Waals surface area contributed by atoms with Gasteiger partial charge in [-0.05, 0) is 55.2 Å². The lowest BCUT2D eigenvalue weighted by atomic mass is 10.0. The molecular weight excluding hydrogens is 452 g/mol. The number of hydrogen-bond donors (Lipinski definition) is 1. The molecule has 2 saturated heterocycles. The van der Waals surface area contributed by atoms with Crippen molar-refractivity contribution in [3.63, 3.8) is 0 Å². The second kappa shape index (κ2) is 10.8. The van der Waals surface area contributed by atoms with Crippen molar-refractivity contribution < 1.29 is 17.9 Å². The summed E-state index contributed by atoms with van der Waals surface area (Å²) in [6.07, 6.45) is 1.78. The van der Waals surface area contributed by atoms with Crippen molar-refractivity contribution in [3.8, 4) is 5.75 Å². The number of amides is 1. The summed E-state index contributed by atoms with van der Waals surface area (Å²) in [5, 5.41) is 2.89. The second-order valence-corrected chi connectivity index (χ2v) is 11.0. The van der Waals surface area contributed by atoms with Crippen molar-refractivity contribution in [2.45, 2.75) is 24.7 Å². The molecule has 2 aromatic carbocycles. The van der Waals surface area contributed by atoms with Gasteiger partial charge in [-0.2, -0.15) is 4.31 Å². The molecule has 2 aliphatic rings. The molecule has 9 heteroatoms. The number of nitrogens with one attached hydrogen (secondary N) is 1. The number of anilines is 2. The van der Waals surface area contributed by atoms with Gasteiger partial charge < -0.3 is 15.0 Å². The standard InChI is InChI=1S/C25H34N4O4S/c1-20-11-13-29(14-12-20)34(31,32)22-9-7-21(8-10-22)26-25(30)19-27-15-17-28(18-16-27)23-5-3-4-6-24(23)33-2/h3-10,20H,11-19H2,1-2H3,(H,26,30). The third-order valence-corrected chi connectivity index (χ3v) is 8.60. The van der Waals surface area contributed by atoms with Gasteiger partial charge in [0, 0.05) is 45.0 Å². The van der Waals surface area contributed by atoms with E-state index in [0.717, 1.165) is 50.5 Å². The van der Waals surface area contributed by atoms with Gasteiger partial charge in [0.15, 0.2) is 0 Å². The molecule has 2 heterocycles. The summed E-state index contributed by atoms with van der Waals surface area (Å²) in [4.78, 5) is 17.2. The molecule has 2 fully saturated rings. The normalized spacial score (nSPS) is 18.6. The molecule has 4 rings (SSSR count). The maximum absolute atomic E-state index is 12.9. The van der Waals surface area contributed by atoms with Crippen molar-refractivity contribution in [1.29, 1.82) is 0 Å². The average Bonchev–Trinajstić information content (AvgIpc) is 2.85. The van der Waals surface area contributed by atoms with Crippen LogP contribution in [0, 0.1) is 5.92 Å². The highest BCUT2D eigenvalue weighted by Crippen LogP contribution is 2.28. The molecular formula is C25H34N4O4S. The first-order valence-corrected chi connectivity index (χ1v) is 13.3. The first-order valence-electron chi connectivity index (χ1n) is 11.9. The molecule has 0 bridgehead atoms. The lowest BCUT2D eigenvalue weighted by molar-refractivity contribution is -0.117. The number of hydrogen-bond acceptors (Lipinski definition) is 6. The van der Waals surface area contributed by atoms with E-state index in [1.807, 2.05) is 18.2 Å². The Labute approximate surface area is 202 Å². The minimum atomic E-state index is -3.49. The maximum Gasteiger partial charge on any atom is 0.243 e. The first kappa shape index (κ1) is 24.5. The fraction of sp³-hybridized carbons (Fsp3) is 0.480. The molecule has 1 N–H and O–H groups in total. The van der Waals surface area contributed by atoms with Crippen molar-refractivity contribution in [2.75, 3.05) is 63.1 Å². The van der Waals surface area contributed by atoms with Crippen LogP contribution < -0.4 is 15.0 Å². The van der Waals surface area contributed by atoms with E-state index in [1.165, 1.54) is 0 Å². The van der Waals surface area contributed by atoms with Gasteiger partial charge in [0.1, 0.15) is 5.75 Å². The van der Waals surface area contributed by atoms with Gasteiger partial charge in [-0.15, -0.1) is 0 Å². The topological polar surface area (TPSA) is 82.2 Å². The monoisotopic (exact) mass is 486 g/mol. The Morgan fingerprint density at radius 3 is 2.26 bits per heavy atom. The van der Waals surface area contributed by atoms with Crippen LogP contribution in [0.2, 0.25) is 0 Å². The van der Waals surface area contributed by atoms with E-state index in [1.54, 1.807) is 35.7 Å². The molecule has 184 valence electrons. The van der Waals surface area contributed by atoms with Crippen molar-refractivity contribution >= 4 is 27.3 Å². The highest BCUT2D eigenvalue weighted by Gasteiger charge is 2.28. The summed E-state index contributed by atoms with van der Waals surface area (Å²) in [7, 11) is -1.81. The largest absolute Gasteiger partial charge is 0.495 e. The molecule has 0 aliphatic carbocycles. The molecule has 0 saturated carbocycles. The van der Waals surface area contributed by atoms with Crippen LogP contribution in [-0.2, 0) is 14.8 Å². The van der Waals surface area contributed by atoms with Gasteiger partial charge >= 0.3 is 0 Å². The van der Waals surface area contributed by atoms with E-state index in [9.17, 15) is 13.2 Å². The smallest absolute Gasteiger partial charge is 0.243 e. The van der Waals surface area contributed by atoms with Crippen molar-refractivity contribution in [2.24, 2.45) is 5.92 Å². The molecule has 0 atom stereocenters. The lowest BCUT2D eigenvalue weighted by Crippen LogP contribution is -2.48. The summed E-state index contributed by atoms with van der Waals surface area (Å²) < 4.78 is 32.8. The number of carbonyl (C=O) groups excluding carboxylic acids is 1. The molecule has 0 aromatic heterocycles. The molecule has 0 spiro atoms. The van der Waals surface area contributed by atoms with Crippen LogP contribution in [0.4, 0.5) is 11.4 Å². The summed E-state index contributed by atoms with van der Waals surface area (Å²) in [5.41, 5.74) is 1.67. The van der Waals surface area contributed by atoms with E-state index in [-0.39, 0.29) is 10.8 Å².